The minimum absolute atomic E-state index is 0.0371. The van der Waals surface area contributed by atoms with Crippen LogP contribution in [0.1, 0.15) is 5.56 Å². The Morgan fingerprint density at radius 3 is 2.56 bits per heavy atom. The Labute approximate surface area is 203 Å². The van der Waals surface area contributed by atoms with Crippen LogP contribution >= 0.6 is 23.4 Å². The van der Waals surface area contributed by atoms with Crippen LogP contribution in [0.3, 0.4) is 0 Å². The molecule has 0 saturated carbocycles. The fraction of sp³-hybridized carbons (Fsp3) is 0.227. The van der Waals surface area contributed by atoms with Crippen LogP contribution in [-0.4, -0.2) is 59.7 Å². The molecule has 1 N–H and O–H groups in total. The highest BCUT2D eigenvalue weighted by atomic mass is 35.5. The Bertz CT molecular complexity index is 1180. The van der Waals surface area contributed by atoms with Gasteiger partial charge in [0.2, 0.25) is 5.91 Å². The molecule has 0 aromatic heterocycles. The molecule has 10 nitrogen and oxygen atoms in total. The lowest BCUT2D eigenvalue weighted by Gasteiger charge is -2.28. The molecule has 0 bridgehead atoms. The van der Waals surface area contributed by atoms with Crippen molar-refractivity contribution in [2.24, 2.45) is 0 Å². The van der Waals surface area contributed by atoms with E-state index in [-0.39, 0.29) is 15.6 Å². The number of amides is 3. The standard InChI is InChI=1S/C22H19ClN4O6S/c23-17-6-1-14(11-18(17)27(31)32)12-19-21(29)26(22(30)34-19)13-20(28)24-15-2-4-16(5-3-15)25-7-9-33-10-8-25/h1-6,11-12H,7-10,13H2,(H,24,28)/b19-12-. The molecule has 2 fully saturated rings. The summed E-state index contributed by atoms with van der Waals surface area (Å²) < 4.78 is 5.34. The van der Waals surface area contributed by atoms with Crippen molar-refractivity contribution in [3.8, 4) is 0 Å². The summed E-state index contributed by atoms with van der Waals surface area (Å²) in [5, 5.41) is 13.1. The molecule has 4 rings (SSSR count). The van der Waals surface area contributed by atoms with Crippen LogP contribution < -0.4 is 10.2 Å². The van der Waals surface area contributed by atoms with Crippen molar-refractivity contribution >= 4 is 63.6 Å². The first-order chi connectivity index (χ1) is 16.3. The maximum absolute atomic E-state index is 12.7. The Hall–Kier alpha value is -3.41. The van der Waals surface area contributed by atoms with Crippen molar-refractivity contribution in [1.29, 1.82) is 0 Å². The number of rotatable bonds is 6. The van der Waals surface area contributed by atoms with Crippen LogP contribution in [0.25, 0.3) is 6.08 Å². The zero-order chi connectivity index (χ0) is 24.2. The van der Waals surface area contributed by atoms with E-state index >= 15 is 0 Å². The van der Waals surface area contributed by atoms with Crippen LogP contribution in [0.2, 0.25) is 5.02 Å². The Morgan fingerprint density at radius 2 is 1.88 bits per heavy atom. The zero-order valence-corrected chi connectivity index (χ0v) is 19.3. The predicted molar refractivity (Wildman–Crippen MR) is 129 cm³/mol. The number of nitro benzene ring substituents is 1. The molecule has 2 aliphatic heterocycles. The number of anilines is 2. The van der Waals surface area contributed by atoms with Crippen molar-refractivity contribution < 1.29 is 24.0 Å². The van der Waals surface area contributed by atoms with Gasteiger partial charge >= 0.3 is 0 Å². The van der Waals surface area contributed by atoms with Crippen LogP contribution in [0.15, 0.2) is 47.4 Å². The summed E-state index contributed by atoms with van der Waals surface area (Å²) in [6.07, 6.45) is 1.36. The quantitative estimate of drug-likeness (QED) is 0.360. The second-order valence-electron chi connectivity index (χ2n) is 7.43. The van der Waals surface area contributed by atoms with E-state index in [1.54, 1.807) is 12.1 Å². The van der Waals surface area contributed by atoms with Gasteiger partial charge < -0.3 is 15.0 Å². The first kappa shape index (κ1) is 23.7. The summed E-state index contributed by atoms with van der Waals surface area (Å²) in [7, 11) is 0. The second kappa shape index (κ2) is 10.2. The van der Waals surface area contributed by atoms with Gasteiger partial charge in [0.25, 0.3) is 16.8 Å². The molecule has 3 amide bonds. The number of halogens is 1. The Balaban J connectivity index is 1.39. The molecule has 176 valence electrons. The molecular weight excluding hydrogens is 484 g/mol. The van der Waals surface area contributed by atoms with Gasteiger partial charge in [0.15, 0.2) is 0 Å². The van der Waals surface area contributed by atoms with Crippen molar-refractivity contribution in [3.63, 3.8) is 0 Å². The van der Waals surface area contributed by atoms with Crippen LogP contribution in [0.5, 0.6) is 0 Å². The maximum Gasteiger partial charge on any atom is 0.294 e. The van der Waals surface area contributed by atoms with Gasteiger partial charge in [-0.1, -0.05) is 17.7 Å². The van der Waals surface area contributed by atoms with E-state index in [1.165, 1.54) is 24.3 Å². The average Bonchev–Trinajstić information content (AvgIpc) is 3.08. The summed E-state index contributed by atoms with van der Waals surface area (Å²) in [6, 6.07) is 11.3. The molecule has 2 aliphatic rings. The Kier molecular flexibility index (Phi) is 7.15. The number of thioether (sulfide) groups is 1. The third-order valence-corrected chi connectivity index (χ3v) is 6.39. The molecule has 0 spiro atoms. The molecule has 0 radical (unpaired) electrons. The minimum Gasteiger partial charge on any atom is -0.378 e. The molecule has 0 unspecified atom stereocenters. The minimum atomic E-state index is -0.648. The second-order valence-corrected chi connectivity index (χ2v) is 8.83. The van der Waals surface area contributed by atoms with Gasteiger partial charge in [-0.15, -0.1) is 0 Å². The number of morpholine rings is 1. The van der Waals surface area contributed by atoms with E-state index in [2.05, 4.69) is 10.2 Å². The van der Waals surface area contributed by atoms with E-state index in [9.17, 15) is 24.5 Å². The lowest BCUT2D eigenvalue weighted by molar-refractivity contribution is -0.384. The van der Waals surface area contributed by atoms with Gasteiger partial charge in [-0.3, -0.25) is 29.4 Å². The summed E-state index contributed by atoms with van der Waals surface area (Å²) in [5.74, 6) is -1.17. The lowest BCUT2D eigenvalue weighted by Crippen LogP contribution is -2.36. The largest absolute Gasteiger partial charge is 0.378 e. The molecule has 2 saturated heterocycles. The molecule has 2 aromatic rings. The first-order valence-electron chi connectivity index (χ1n) is 10.2. The van der Waals surface area contributed by atoms with Gasteiger partial charge in [-0.2, -0.15) is 0 Å². The number of nitrogens with zero attached hydrogens (tertiary/aromatic N) is 3. The zero-order valence-electron chi connectivity index (χ0n) is 17.7. The van der Waals surface area contributed by atoms with Crippen molar-refractivity contribution in [3.05, 3.63) is 68.1 Å². The molecule has 0 aliphatic carbocycles. The molecule has 12 heteroatoms. The molecule has 2 aromatic carbocycles. The summed E-state index contributed by atoms with van der Waals surface area (Å²) in [4.78, 5) is 51.0. The molecule has 34 heavy (non-hydrogen) atoms. The predicted octanol–water partition coefficient (Wildman–Crippen LogP) is 3.76. The number of hydrogen-bond acceptors (Lipinski definition) is 8. The normalized spacial score (nSPS) is 17.4. The topological polar surface area (TPSA) is 122 Å². The first-order valence-corrected chi connectivity index (χ1v) is 11.4. The number of imide groups is 1. The number of benzene rings is 2. The number of carbonyl (C=O) groups excluding carboxylic acids is 3. The third-order valence-electron chi connectivity index (χ3n) is 5.17. The lowest BCUT2D eigenvalue weighted by atomic mass is 10.2. The monoisotopic (exact) mass is 502 g/mol. The van der Waals surface area contributed by atoms with E-state index in [4.69, 9.17) is 16.3 Å². The van der Waals surface area contributed by atoms with Crippen LogP contribution in [-0.2, 0) is 14.3 Å². The van der Waals surface area contributed by atoms with Crippen molar-refractivity contribution in [2.75, 3.05) is 43.1 Å². The Morgan fingerprint density at radius 1 is 1.18 bits per heavy atom. The highest BCUT2D eigenvalue weighted by molar-refractivity contribution is 8.18. The SMILES string of the molecule is O=C(CN1C(=O)S/C(=C\c2ccc(Cl)c([N+](=O)[O-])c2)C1=O)Nc1ccc(N2CCOCC2)cc1. The van der Waals surface area contributed by atoms with Crippen molar-refractivity contribution in [2.45, 2.75) is 0 Å². The highest BCUT2D eigenvalue weighted by Crippen LogP contribution is 2.33. The van der Waals surface area contributed by atoms with Gasteiger partial charge in [-0.25, -0.2) is 0 Å². The van der Waals surface area contributed by atoms with Crippen LogP contribution in [0.4, 0.5) is 21.9 Å². The van der Waals surface area contributed by atoms with Crippen molar-refractivity contribution in [1.82, 2.24) is 4.90 Å². The fourth-order valence-corrected chi connectivity index (χ4v) is 4.49. The fourth-order valence-electron chi connectivity index (χ4n) is 3.47. The molecule has 0 atom stereocenters. The van der Waals surface area contributed by atoms with Gasteiger partial charge in [0.1, 0.15) is 11.6 Å². The third kappa shape index (κ3) is 5.38. The highest BCUT2D eigenvalue weighted by Gasteiger charge is 2.36. The average molecular weight is 503 g/mol. The summed E-state index contributed by atoms with van der Waals surface area (Å²) in [5.41, 5.74) is 1.58. The van der Waals surface area contributed by atoms with E-state index in [1.807, 2.05) is 12.1 Å². The smallest absolute Gasteiger partial charge is 0.294 e. The van der Waals surface area contributed by atoms with E-state index < -0.39 is 28.5 Å². The summed E-state index contributed by atoms with van der Waals surface area (Å²) >= 11 is 6.47. The molecular formula is C22H19ClN4O6S. The van der Waals surface area contributed by atoms with Crippen LogP contribution in [0, 0.1) is 10.1 Å². The number of carbonyl (C=O) groups is 3. The maximum atomic E-state index is 12.7. The summed E-state index contributed by atoms with van der Waals surface area (Å²) in [6.45, 7) is 2.47. The molecule has 2 heterocycles. The van der Waals surface area contributed by atoms with Gasteiger partial charge in [0.05, 0.1) is 23.0 Å². The van der Waals surface area contributed by atoms with E-state index in [0.29, 0.717) is 36.2 Å². The van der Waals surface area contributed by atoms with Gasteiger partial charge in [0, 0.05) is 30.5 Å². The number of nitrogens with one attached hydrogen (secondary N) is 1. The number of nitro groups is 1. The number of hydrogen-bond donors (Lipinski definition) is 1. The number of ether oxygens (including phenoxy) is 1. The van der Waals surface area contributed by atoms with Gasteiger partial charge in [-0.05, 0) is 53.7 Å². The van der Waals surface area contributed by atoms with E-state index in [0.717, 1.165) is 23.7 Å².